The van der Waals surface area contributed by atoms with Crippen molar-refractivity contribution in [3.63, 3.8) is 0 Å². The Morgan fingerprint density at radius 3 is 2.14 bits per heavy atom. The van der Waals surface area contributed by atoms with E-state index < -0.39 is 11.0 Å². The van der Waals surface area contributed by atoms with Crippen LogP contribution in [0.2, 0.25) is 0 Å². The molecule has 0 aromatic carbocycles. The molecule has 0 saturated heterocycles. The summed E-state index contributed by atoms with van der Waals surface area (Å²) in [5, 5.41) is 19.7. The van der Waals surface area contributed by atoms with E-state index in [4.69, 9.17) is 4.74 Å². The third kappa shape index (κ3) is 1.81. The van der Waals surface area contributed by atoms with Crippen LogP contribution in [0, 0.1) is 10.8 Å². The summed E-state index contributed by atoms with van der Waals surface area (Å²) in [5.74, 6) is 0. The third-order valence-corrected chi connectivity index (χ3v) is 3.48. The van der Waals surface area contributed by atoms with E-state index in [9.17, 15) is 10.2 Å². The first-order valence-electron chi connectivity index (χ1n) is 5.11. The predicted molar refractivity (Wildman–Crippen MR) is 55.0 cm³/mol. The molecular formula is C11H22O3. The molecule has 0 aromatic rings. The molecule has 1 fully saturated rings. The van der Waals surface area contributed by atoms with Crippen molar-refractivity contribution in [2.75, 3.05) is 20.3 Å². The summed E-state index contributed by atoms with van der Waals surface area (Å²) in [6.45, 7) is 6.51. The zero-order valence-corrected chi connectivity index (χ0v) is 9.63. The second-order valence-electron chi connectivity index (χ2n) is 5.70. The van der Waals surface area contributed by atoms with E-state index >= 15 is 0 Å². The second-order valence-corrected chi connectivity index (χ2v) is 5.70. The number of hydrogen-bond acceptors (Lipinski definition) is 3. The quantitative estimate of drug-likeness (QED) is 0.719. The van der Waals surface area contributed by atoms with Gasteiger partial charge in [-0.2, -0.15) is 0 Å². The maximum absolute atomic E-state index is 10.4. The van der Waals surface area contributed by atoms with Crippen LogP contribution in [0.4, 0.5) is 0 Å². The largest absolute Gasteiger partial charge is 0.396 e. The van der Waals surface area contributed by atoms with E-state index in [-0.39, 0.29) is 12.0 Å². The summed E-state index contributed by atoms with van der Waals surface area (Å²) in [4.78, 5) is 0. The molecule has 1 unspecified atom stereocenters. The maximum Gasteiger partial charge on any atom is 0.0755 e. The van der Waals surface area contributed by atoms with Crippen LogP contribution in [-0.2, 0) is 4.74 Å². The molecule has 14 heavy (non-hydrogen) atoms. The standard InChI is InChI=1S/C11H22O3/c1-9(2)5-11(13,6-9)10(3,7-12)8-14-4/h12-13H,5-8H2,1-4H3. The number of rotatable bonds is 4. The van der Waals surface area contributed by atoms with Crippen LogP contribution in [0.1, 0.15) is 33.6 Å². The number of aliphatic hydroxyl groups excluding tert-OH is 1. The lowest BCUT2D eigenvalue weighted by Gasteiger charge is -2.57. The number of ether oxygens (including phenoxy) is 1. The first-order chi connectivity index (χ1) is 6.29. The van der Waals surface area contributed by atoms with Gasteiger partial charge in [-0.05, 0) is 18.3 Å². The molecule has 3 heteroatoms. The van der Waals surface area contributed by atoms with Crippen molar-refractivity contribution >= 4 is 0 Å². The summed E-state index contributed by atoms with van der Waals surface area (Å²) in [6, 6.07) is 0. The molecule has 0 radical (unpaired) electrons. The lowest BCUT2D eigenvalue weighted by atomic mass is 9.52. The van der Waals surface area contributed by atoms with Crippen molar-refractivity contribution in [1.82, 2.24) is 0 Å². The lowest BCUT2D eigenvalue weighted by Crippen LogP contribution is -2.62. The van der Waals surface area contributed by atoms with Crippen molar-refractivity contribution in [3.8, 4) is 0 Å². The highest BCUT2D eigenvalue weighted by molar-refractivity contribution is 5.08. The van der Waals surface area contributed by atoms with Crippen molar-refractivity contribution < 1.29 is 14.9 Å². The number of methoxy groups -OCH3 is 1. The minimum atomic E-state index is -0.763. The van der Waals surface area contributed by atoms with Crippen molar-refractivity contribution in [2.24, 2.45) is 10.8 Å². The Morgan fingerprint density at radius 1 is 1.36 bits per heavy atom. The highest BCUT2D eigenvalue weighted by atomic mass is 16.5. The Morgan fingerprint density at radius 2 is 1.86 bits per heavy atom. The monoisotopic (exact) mass is 202 g/mol. The Bertz CT molecular complexity index is 205. The summed E-state index contributed by atoms with van der Waals surface area (Å²) in [7, 11) is 1.60. The molecule has 0 aliphatic heterocycles. The van der Waals surface area contributed by atoms with Gasteiger partial charge in [-0.3, -0.25) is 0 Å². The van der Waals surface area contributed by atoms with Gasteiger partial charge in [-0.15, -0.1) is 0 Å². The Labute approximate surface area is 86.1 Å². The van der Waals surface area contributed by atoms with Gasteiger partial charge in [-0.1, -0.05) is 20.8 Å². The third-order valence-electron chi connectivity index (χ3n) is 3.48. The Hall–Kier alpha value is -0.120. The first-order valence-corrected chi connectivity index (χ1v) is 5.11. The van der Waals surface area contributed by atoms with Gasteiger partial charge in [0.25, 0.3) is 0 Å². The Kier molecular flexibility index (Phi) is 2.96. The fourth-order valence-electron chi connectivity index (χ4n) is 2.60. The maximum atomic E-state index is 10.4. The number of hydrogen-bond donors (Lipinski definition) is 2. The van der Waals surface area contributed by atoms with Crippen LogP contribution in [0.5, 0.6) is 0 Å². The van der Waals surface area contributed by atoms with Gasteiger partial charge in [0.1, 0.15) is 0 Å². The van der Waals surface area contributed by atoms with Gasteiger partial charge in [0.05, 0.1) is 18.8 Å². The molecule has 1 aliphatic rings. The van der Waals surface area contributed by atoms with Crippen LogP contribution in [0.25, 0.3) is 0 Å². The van der Waals surface area contributed by atoms with Gasteiger partial charge in [0, 0.05) is 12.5 Å². The number of aliphatic hydroxyl groups is 2. The van der Waals surface area contributed by atoms with Crippen LogP contribution in [0.15, 0.2) is 0 Å². The van der Waals surface area contributed by atoms with E-state index in [0.717, 1.165) is 12.8 Å². The molecule has 0 spiro atoms. The fraction of sp³-hybridized carbons (Fsp3) is 1.00. The summed E-state index contributed by atoms with van der Waals surface area (Å²) >= 11 is 0. The van der Waals surface area contributed by atoms with Gasteiger partial charge < -0.3 is 14.9 Å². The van der Waals surface area contributed by atoms with Gasteiger partial charge in [0.15, 0.2) is 0 Å². The molecule has 3 nitrogen and oxygen atoms in total. The molecule has 0 bridgehead atoms. The minimum Gasteiger partial charge on any atom is -0.396 e. The van der Waals surface area contributed by atoms with Crippen molar-refractivity contribution in [2.45, 2.75) is 39.2 Å². The van der Waals surface area contributed by atoms with Gasteiger partial charge >= 0.3 is 0 Å². The van der Waals surface area contributed by atoms with Gasteiger partial charge in [-0.25, -0.2) is 0 Å². The molecule has 1 rings (SSSR count). The molecule has 1 atom stereocenters. The smallest absolute Gasteiger partial charge is 0.0755 e. The molecular weight excluding hydrogens is 180 g/mol. The van der Waals surface area contributed by atoms with E-state index in [2.05, 4.69) is 13.8 Å². The lowest BCUT2D eigenvalue weighted by molar-refractivity contribution is -0.214. The van der Waals surface area contributed by atoms with E-state index in [1.165, 1.54) is 0 Å². The Balaban J connectivity index is 2.71. The molecule has 1 aliphatic carbocycles. The van der Waals surface area contributed by atoms with E-state index in [1.807, 2.05) is 6.92 Å². The average molecular weight is 202 g/mol. The van der Waals surface area contributed by atoms with E-state index in [0.29, 0.717) is 6.61 Å². The van der Waals surface area contributed by atoms with Crippen molar-refractivity contribution in [1.29, 1.82) is 0 Å². The van der Waals surface area contributed by atoms with Crippen molar-refractivity contribution in [3.05, 3.63) is 0 Å². The van der Waals surface area contributed by atoms with Crippen LogP contribution >= 0.6 is 0 Å². The average Bonchev–Trinajstić information content (AvgIpc) is 2.00. The predicted octanol–water partition coefficient (Wildman–Crippen LogP) is 1.18. The molecule has 2 N–H and O–H groups in total. The van der Waals surface area contributed by atoms with Gasteiger partial charge in [0.2, 0.25) is 0 Å². The zero-order chi connectivity index (χ0) is 11.0. The molecule has 1 saturated carbocycles. The minimum absolute atomic E-state index is 0.0343. The molecule has 0 aromatic heterocycles. The summed E-state index contributed by atoms with van der Waals surface area (Å²) < 4.78 is 5.07. The molecule has 0 heterocycles. The summed E-state index contributed by atoms with van der Waals surface area (Å²) in [6.07, 6.45) is 1.47. The highest BCUT2D eigenvalue weighted by Crippen LogP contribution is 2.55. The second kappa shape index (κ2) is 3.47. The zero-order valence-electron chi connectivity index (χ0n) is 9.63. The van der Waals surface area contributed by atoms with E-state index in [1.54, 1.807) is 7.11 Å². The molecule has 84 valence electrons. The highest BCUT2D eigenvalue weighted by Gasteiger charge is 2.58. The SMILES string of the molecule is COCC(C)(CO)C1(O)CC(C)(C)C1. The first kappa shape index (κ1) is 12.0. The molecule has 0 amide bonds. The fourth-order valence-corrected chi connectivity index (χ4v) is 2.60. The van der Waals surface area contributed by atoms with Crippen LogP contribution in [0.3, 0.4) is 0 Å². The van der Waals surface area contributed by atoms with Crippen LogP contribution < -0.4 is 0 Å². The summed E-state index contributed by atoms with van der Waals surface area (Å²) in [5.41, 5.74) is -1.10. The normalized spacial score (nSPS) is 27.9. The topological polar surface area (TPSA) is 49.7 Å². The van der Waals surface area contributed by atoms with Crippen LogP contribution in [-0.4, -0.2) is 36.1 Å².